The quantitative estimate of drug-likeness (QED) is 0.781. The third-order valence-electron chi connectivity index (χ3n) is 4.34. The molecule has 2 N–H and O–H groups in total. The number of hydrogen-bond acceptors (Lipinski definition) is 3. The van der Waals surface area contributed by atoms with Crippen LogP contribution in [0.25, 0.3) is 0 Å². The predicted octanol–water partition coefficient (Wildman–Crippen LogP) is 2.16. The number of amides is 1. The minimum Gasteiger partial charge on any atom is -0.372 e. The Bertz CT molecular complexity index is 655. The van der Waals surface area contributed by atoms with E-state index in [2.05, 4.69) is 0 Å². The third-order valence-corrected chi connectivity index (χ3v) is 5.20. The van der Waals surface area contributed by atoms with E-state index < -0.39 is 0 Å². The van der Waals surface area contributed by atoms with Gasteiger partial charge < -0.3 is 15.0 Å². The number of nitrogens with two attached hydrogens (primary N) is 1. The van der Waals surface area contributed by atoms with Gasteiger partial charge in [-0.25, -0.2) is 4.39 Å². The van der Waals surface area contributed by atoms with E-state index in [0.717, 1.165) is 36.4 Å². The molecule has 3 rings (SSSR count). The van der Waals surface area contributed by atoms with Crippen molar-refractivity contribution >= 4 is 17.2 Å². The lowest BCUT2D eigenvalue weighted by molar-refractivity contribution is -0.650. The molecule has 0 saturated carbocycles. The highest BCUT2D eigenvalue weighted by atomic mass is 32.1. The van der Waals surface area contributed by atoms with Gasteiger partial charge in [0.1, 0.15) is 18.5 Å². The molecule has 1 fully saturated rings. The van der Waals surface area contributed by atoms with Crippen molar-refractivity contribution in [1.82, 2.24) is 4.90 Å². The monoisotopic (exact) mass is 363 g/mol. The molecular weight excluding hydrogens is 339 g/mol. The van der Waals surface area contributed by atoms with Gasteiger partial charge in [-0.05, 0) is 42.0 Å². The number of rotatable bonds is 8. The molecular formula is C19H24FN2O2S+. The van der Waals surface area contributed by atoms with E-state index in [1.54, 1.807) is 23.5 Å². The summed E-state index contributed by atoms with van der Waals surface area (Å²) in [6, 6.07) is 10.4. The Balaban J connectivity index is 1.58. The van der Waals surface area contributed by atoms with Crippen LogP contribution in [0.4, 0.5) is 4.39 Å². The lowest BCUT2D eigenvalue weighted by Crippen LogP contribution is -2.88. The Kier molecular flexibility index (Phi) is 6.55. The van der Waals surface area contributed by atoms with Gasteiger partial charge in [-0.1, -0.05) is 18.2 Å². The summed E-state index contributed by atoms with van der Waals surface area (Å²) in [4.78, 5) is 15.7. The fraction of sp³-hybridized carbons (Fsp3) is 0.421. The number of halogens is 1. The summed E-state index contributed by atoms with van der Waals surface area (Å²) in [5, 5.41) is 4.05. The first-order valence-electron chi connectivity index (χ1n) is 8.68. The maximum Gasteiger partial charge on any atom is 0.278 e. The van der Waals surface area contributed by atoms with Crippen molar-refractivity contribution in [2.45, 2.75) is 32.0 Å². The minimum absolute atomic E-state index is 0.0933. The van der Waals surface area contributed by atoms with Gasteiger partial charge >= 0.3 is 0 Å². The second-order valence-electron chi connectivity index (χ2n) is 6.32. The van der Waals surface area contributed by atoms with Crippen LogP contribution in [0.3, 0.4) is 0 Å². The van der Waals surface area contributed by atoms with Crippen molar-refractivity contribution in [3.63, 3.8) is 0 Å². The predicted molar refractivity (Wildman–Crippen MR) is 95.6 cm³/mol. The van der Waals surface area contributed by atoms with E-state index in [4.69, 9.17) is 4.74 Å². The number of quaternary nitrogens is 1. The fourth-order valence-electron chi connectivity index (χ4n) is 2.99. The molecule has 0 unspecified atom stereocenters. The second kappa shape index (κ2) is 9.08. The van der Waals surface area contributed by atoms with E-state index in [-0.39, 0.29) is 17.8 Å². The molecule has 6 heteroatoms. The van der Waals surface area contributed by atoms with Crippen LogP contribution in [-0.4, -0.2) is 36.6 Å². The largest absolute Gasteiger partial charge is 0.372 e. The number of benzene rings is 1. The van der Waals surface area contributed by atoms with Gasteiger partial charge in [-0.3, -0.25) is 4.79 Å². The van der Waals surface area contributed by atoms with E-state index in [0.29, 0.717) is 19.6 Å². The normalized spacial score (nSPS) is 16.9. The van der Waals surface area contributed by atoms with Crippen LogP contribution in [0, 0.1) is 5.82 Å². The highest BCUT2D eigenvalue weighted by Crippen LogP contribution is 2.15. The molecule has 0 aliphatic carbocycles. The van der Waals surface area contributed by atoms with Crippen molar-refractivity contribution in [1.29, 1.82) is 0 Å². The van der Waals surface area contributed by atoms with Crippen LogP contribution < -0.4 is 5.32 Å². The van der Waals surface area contributed by atoms with Crippen molar-refractivity contribution in [3.05, 3.63) is 58.0 Å². The van der Waals surface area contributed by atoms with Crippen LogP contribution in [0.15, 0.2) is 41.8 Å². The molecule has 1 atom stereocenters. The fourth-order valence-corrected chi connectivity index (χ4v) is 3.70. The highest BCUT2D eigenvalue weighted by molar-refractivity contribution is 7.09. The zero-order valence-electron chi connectivity index (χ0n) is 14.2. The molecule has 2 aromatic rings. The maximum absolute atomic E-state index is 13.1. The SMILES string of the molecule is O=C(C[NH2+]C[C@H]1CCCO1)N(Cc1ccc(F)cc1)Cc1cccs1. The van der Waals surface area contributed by atoms with Crippen LogP contribution >= 0.6 is 11.3 Å². The summed E-state index contributed by atoms with van der Waals surface area (Å²) < 4.78 is 18.7. The average molecular weight is 363 g/mol. The molecule has 134 valence electrons. The van der Waals surface area contributed by atoms with Crippen molar-refractivity contribution < 1.29 is 19.2 Å². The van der Waals surface area contributed by atoms with Crippen molar-refractivity contribution in [2.75, 3.05) is 19.7 Å². The molecule has 0 bridgehead atoms. The van der Waals surface area contributed by atoms with Gasteiger partial charge in [0.15, 0.2) is 6.54 Å². The zero-order valence-corrected chi connectivity index (χ0v) is 15.0. The average Bonchev–Trinajstić information content (AvgIpc) is 3.30. The van der Waals surface area contributed by atoms with Gasteiger partial charge in [0.25, 0.3) is 5.91 Å². The Hall–Kier alpha value is -1.76. The Morgan fingerprint density at radius 3 is 2.80 bits per heavy atom. The highest BCUT2D eigenvalue weighted by Gasteiger charge is 2.20. The number of carbonyl (C=O) groups excluding carboxylic acids is 1. The summed E-state index contributed by atoms with van der Waals surface area (Å²) in [7, 11) is 0. The summed E-state index contributed by atoms with van der Waals surface area (Å²) in [6.07, 6.45) is 2.47. The molecule has 1 aliphatic heterocycles. The van der Waals surface area contributed by atoms with Crippen molar-refractivity contribution in [3.8, 4) is 0 Å². The van der Waals surface area contributed by atoms with Crippen LogP contribution in [0.2, 0.25) is 0 Å². The van der Waals surface area contributed by atoms with Crippen LogP contribution in [-0.2, 0) is 22.6 Å². The van der Waals surface area contributed by atoms with Crippen LogP contribution in [0.1, 0.15) is 23.3 Å². The summed E-state index contributed by atoms with van der Waals surface area (Å²) in [6.45, 7) is 3.15. The number of hydrogen-bond donors (Lipinski definition) is 1. The van der Waals surface area contributed by atoms with Gasteiger partial charge in [0, 0.05) is 18.0 Å². The van der Waals surface area contributed by atoms with E-state index >= 15 is 0 Å². The molecule has 1 saturated heterocycles. The van der Waals surface area contributed by atoms with E-state index in [9.17, 15) is 9.18 Å². The second-order valence-corrected chi connectivity index (χ2v) is 7.35. The lowest BCUT2D eigenvalue weighted by atomic mass is 10.2. The first kappa shape index (κ1) is 18.0. The number of thiophene rings is 1. The maximum atomic E-state index is 13.1. The number of carbonyl (C=O) groups is 1. The van der Waals surface area contributed by atoms with Crippen molar-refractivity contribution in [2.24, 2.45) is 0 Å². The molecule has 1 aromatic carbocycles. The number of ether oxygens (including phenoxy) is 1. The molecule has 1 aromatic heterocycles. The standard InChI is InChI=1S/C19H23FN2O2S/c20-16-7-5-15(6-8-16)13-22(14-18-4-2-10-25-18)19(23)12-21-11-17-3-1-9-24-17/h2,4-8,10,17,21H,1,3,9,11-14H2/p+1/t17-/m1/s1. The van der Waals surface area contributed by atoms with E-state index in [1.807, 2.05) is 27.7 Å². The molecule has 25 heavy (non-hydrogen) atoms. The number of nitrogens with zero attached hydrogens (tertiary/aromatic N) is 1. The topological polar surface area (TPSA) is 46.1 Å². The Morgan fingerprint density at radius 2 is 2.12 bits per heavy atom. The first-order chi connectivity index (χ1) is 12.2. The van der Waals surface area contributed by atoms with Gasteiger partial charge in [-0.2, -0.15) is 0 Å². The van der Waals surface area contributed by atoms with Gasteiger partial charge in [0.2, 0.25) is 0 Å². The Labute approximate surface area is 151 Å². The smallest absolute Gasteiger partial charge is 0.278 e. The molecule has 2 heterocycles. The zero-order chi connectivity index (χ0) is 17.5. The summed E-state index contributed by atoms with van der Waals surface area (Å²) in [5.74, 6) is -0.166. The lowest BCUT2D eigenvalue weighted by Gasteiger charge is -2.22. The molecule has 4 nitrogen and oxygen atoms in total. The third kappa shape index (κ3) is 5.63. The van der Waals surface area contributed by atoms with Gasteiger partial charge in [-0.15, -0.1) is 11.3 Å². The summed E-state index contributed by atoms with van der Waals surface area (Å²) in [5.41, 5.74) is 0.936. The van der Waals surface area contributed by atoms with E-state index in [1.165, 1.54) is 12.1 Å². The minimum atomic E-state index is -0.259. The molecule has 0 radical (unpaired) electrons. The summed E-state index contributed by atoms with van der Waals surface area (Å²) >= 11 is 1.64. The molecule has 0 spiro atoms. The molecule has 1 amide bonds. The first-order valence-corrected chi connectivity index (χ1v) is 9.56. The van der Waals surface area contributed by atoms with Crippen LogP contribution in [0.5, 0.6) is 0 Å². The van der Waals surface area contributed by atoms with Gasteiger partial charge in [0.05, 0.1) is 6.54 Å². The molecule has 1 aliphatic rings. The Morgan fingerprint density at radius 1 is 1.28 bits per heavy atom.